The summed E-state index contributed by atoms with van der Waals surface area (Å²) in [7, 11) is 1.57. The van der Waals surface area contributed by atoms with E-state index in [2.05, 4.69) is 16.0 Å². The molecule has 0 spiro atoms. The first-order chi connectivity index (χ1) is 8.64. The van der Waals surface area contributed by atoms with E-state index in [1.54, 1.807) is 7.11 Å². The normalized spacial score (nSPS) is 22.8. The highest BCUT2D eigenvalue weighted by atomic mass is 16.5. The van der Waals surface area contributed by atoms with Crippen molar-refractivity contribution in [1.82, 2.24) is 16.0 Å². The van der Waals surface area contributed by atoms with Crippen molar-refractivity contribution in [3.8, 4) is 0 Å². The zero-order valence-electron chi connectivity index (χ0n) is 11.2. The van der Waals surface area contributed by atoms with Gasteiger partial charge < -0.3 is 20.7 Å². The molecule has 6 heteroatoms. The number of carbonyl (C=O) groups excluding carboxylic acids is 2. The van der Waals surface area contributed by atoms with Crippen LogP contribution in [-0.4, -0.2) is 50.7 Å². The van der Waals surface area contributed by atoms with E-state index in [-0.39, 0.29) is 18.4 Å². The van der Waals surface area contributed by atoms with Gasteiger partial charge in [-0.05, 0) is 25.8 Å². The Morgan fingerprint density at radius 1 is 1.39 bits per heavy atom. The molecule has 1 unspecified atom stereocenters. The Balaban J connectivity index is 2.29. The number of ether oxygens (including phenoxy) is 1. The van der Waals surface area contributed by atoms with Crippen LogP contribution in [0.2, 0.25) is 0 Å². The maximum atomic E-state index is 12.1. The molecule has 1 aliphatic heterocycles. The lowest BCUT2D eigenvalue weighted by Crippen LogP contribution is -2.54. The molecule has 3 N–H and O–H groups in total. The van der Waals surface area contributed by atoms with Gasteiger partial charge in [-0.3, -0.25) is 9.59 Å². The quantitative estimate of drug-likeness (QED) is 0.532. The molecule has 0 aromatic carbocycles. The van der Waals surface area contributed by atoms with Crippen LogP contribution in [0.3, 0.4) is 0 Å². The largest absolute Gasteiger partial charge is 0.383 e. The molecule has 2 amide bonds. The molecule has 0 saturated carbocycles. The van der Waals surface area contributed by atoms with Crippen molar-refractivity contribution < 1.29 is 14.3 Å². The molecule has 0 aromatic rings. The van der Waals surface area contributed by atoms with Gasteiger partial charge in [0.15, 0.2) is 0 Å². The van der Waals surface area contributed by atoms with E-state index >= 15 is 0 Å². The summed E-state index contributed by atoms with van der Waals surface area (Å²) in [6.07, 6.45) is 2.58. The third kappa shape index (κ3) is 3.96. The second-order valence-electron chi connectivity index (χ2n) is 4.49. The van der Waals surface area contributed by atoms with Crippen molar-refractivity contribution in [2.24, 2.45) is 0 Å². The predicted molar refractivity (Wildman–Crippen MR) is 68.2 cm³/mol. The zero-order valence-corrected chi connectivity index (χ0v) is 11.2. The lowest BCUT2D eigenvalue weighted by molar-refractivity contribution is -0.130. The van der Waals surface area contributed by atoms with Crippen molar-refractivity contribution in [3.05, 3.63) is 0 Å². The number of amides is 2. The lowest BCUT2D eigenvalue weighted by Gasteiger charge is -2.26. The van der Waals surface area contributed by atoms with Crippen LogP contribution in [0.5, 0.6) is 0 Å². The number of hydrogen-bond acceptors (Lipinski definition) is 4. The number of nitrogens with one attached hydrogen (secondary N) is 3. The maximum Gasteiger partial charge on any atom is 0.240 e. The van der Waals surface area contributed by atoms with Crippen molar-refractivity contribution in [2.45, 2.75) is 31.7 Å². The van der Waals surface area contributed by atoms with Crippen LogP contribution in [0, 0.1) is 0 Å². The SMILES string of the molecule is CCC1(C(=O)NCC(=O)NCCOC)CCCN1. The molecule has 1 aliphatic rings. The highest BCUT2D eigenvalue weighted by molar-refractivity contribution is 5.90. The fourth-order valence-electron chi connectivity index (χ4n) is 2.15. The molecule has 1 rings (SSSR count). The predicted octanol–water partition coefficient (Wildman–Crippen LogP) is -0.603. The zero-order chi connectivity index (χ0) is 13.4. The van der Waals surface area contributed by atoms with Gasteiger partial charge in [0.25, 0.3) is 0 Å². The van der Waals surface area contributed by atoms with Gasteiger partial charge in [-0.2, -0.15) is 0 Å². The lowest BCUT2D eigenvalue weighted by atomic mass is 9.93. The summed E-state index contributed by atoms with van der Waals surface area (Å²) in [6.45, 7) is 3.80. The molecule has 104 valence electrons. The molecule has 1 saturated heterocycles. The molecule has 1 atom stereocenters. The molecule has 1 heterocycles. The first kappa shape index (κ1) is 14.9. The average Bonchev–Trinajstić information content (AvgIpc) is 2.86. The first-order valence-electron chi connectivity index (χ1n) is 6.43. The maximum absolute atomic E-state index is 12.1. The minimum Gasteiger partial charge on any atom is -0.383 e. The summed E-state index contributed by atoms with van der Waals surface area (Å²) >= 11 is 0. The van der Waals surface area contributed by atoms with Crippen molar-refractivity contribution in [2.75, 3.05) is 33.4 Å². The Morgan fingerprint density at radius 3 is 2.72 bits per heavy atom. The Bertz CT molecular complexity index is 288. The molecule has 6 nitrogen and oxygen atoms in total. The van der Waals surface area contributed by atoms with Gasteiger partial charge in [0, 0.05) is 13.7 Å². The number of rotatable bonds is 7. The highest BCUT2D eigenvalue weighted by Gasteiger charge is 2.38. The number of carbonyl (C=O) groups is 2. The van der Waals surface area contributed by atoms with Crippen LogP contribution in [0.25, 0.3) is 0 Å². The van der Waals surface area contributed by atoms with E-state index in [9.17, 15) is 9.59 Å². The van der Waals surface area contributed by atoms with Gasteiger partial charge in [-0.15, -0.1) is 0 Å². The minimum atomic E-state index is -0.479. The van der Waals surface area contributed by atoms with E-state index in [1.807, 2.05) is 6.92 Å². The topological polar surface area (TPSA) is 79.5 Å². The van der Waals surface area contributed by atoms with Gasteiger partial charge in [0.05, 0.1) is 18.7 Å². The third-order valence-electron chi connectivity index (χ3n) is 3.32. The van der Waals surface area contributed by atoms with Gasteiger partial charge in [-0.25, -0.2) is 0 Å². The Labute approximate surface area is 108 Å². The molecule has 0 radical (unpaired) electrons. The van der Waals surface area contributed by atoms with Crippen molar-refractivity contribution >= 4 is 11.8 Å². The first-order valence-corrected chi connectivity index (χ1v) is 6.43. The second kappa shape index (κ2) is 7.33. The fraction of sp³-hybridized carbons (Fsp3) is 0.833. The van der Waals surface area contributed by atoms with Gasteiger partial charge in [0.1, 0.15) is 0 Å². The van der Waals surface area contributed by atoms with E-state index in [0.717, 1.165) is 25.8 Å². The van der Waals surface area contributed by atoms with Gasteiger partial charge >= 0.3 is 0 Å². The van der Waals surface area contributed by atoms with E-state index in [0.29, 0.717) is 13.2 Å². The molecule has 0 aliphatic carbocycles. The summed E-state index contributed by atoms with van der Waals surface area (Å²) in [5.74, 6) is -0.269. The summed E-state index contributed by atoms with van der Waals surface area (Å²) in [4.78, 5) is 23.5. The van der Waals surface area contributed by atoms with Crippen molar-refractivity contribution in [1.29, 1.82) is 0 Å². The van der Waals surface area contributed by atoms with Crippen LogP contribution < -0.4 is 16.0 Å². The van der Waals surface area contributed by atoms with Crippen LogP contribution in [0.1, 0.15) is 26.2 Å². The van der Waals surface area contributed by atoms with E-state index < -0.39 is 5.54 Å². The molecular formula is C12H23N3O3. The molecule has 18 heavy (non-hydrogen) atoms. The van der Waals surface area contributed by atoms with Gasteiger partial charge in [-0.1, -0.05) is 6.92 Å². The highest BCUT2D eigenvalue weighted by Crippen LogP contribution is 2.22. The minimum absolute atomic E-state index is 0.0198. The number of methoxy groups -OCH3 is 1. The van der Waals surface area contributed by atoms with Crippen molar-refractivity contribution in [3.63, 3.8) is 0 Å². The van der Waals surface area contributed by atoms with Gasteiger partial charge in [0.2, 0.25) is 11.8 Å². The summed E-state index contributed by atoms with van der Waals surface area (Å²) < 4.78 is 4.82. The summed E-state index contributed by atoms with van der Waals surface area (Å²) in [5, 5.41) is 8.58. The monoisotopic (exact) mass is 257 g/mol. The van der Waals surface area contributed by atoms with Crippen LogP contribution in [0.15, 0.2) is 0 Å². The van der Waals surface area contributed by atoms with Crippen LogP contribution in [0.4, 0.5) is 0 Å². The number of hydrogen-bond donors (Lipinski definition) is 3. The molecule has 0 aromatic heterocycles. The fourth-order valence-corrected chi connectivity index (χ4v) is 2.15. The third-order valence-corrected chi connectivity index (χ3v) is 3.32. The molecular weight excluding hydrogens is 234 g/mol. The molecule has 1 fully saturated rings. The van der Waals surface area contributed by atoms with E-state index in [1.165, 1.54) is 0 Å². The standard InChI is InChI=1S/C12H23N3O3/c1-3-12(5-4-6-15-12)11(17)14-9-10(16)13-7-8-18-2/h15H,3-9H2,1-2H3,(H,13,16)(H,14,17). The Morgan fingerprint density at radius 2 is 2.17 bits per heavy atom. The molecule has 0 bridgehead atoms. The van der Waals surface area contributed by atoms with Crippen LogP contribution in [-0.2, 0) is 14.3 Å². The Hall–Kier alpha value is -1.14. The van der Waals surface area contributed by atoms with Crippen LogP contribution >= 0.6 is 0 Å². The second-order valence-corrected chi connectivity index (χ2v) is 4.49. The average molecular weight is 257 g/mol. The summed E-state index contributed by atoms with van der Waals surface area (Å²) in [5.41, 5.74) is -0.479. The smallest absolute Gasteiger partial charge is 0.240 e. The summed E-state index contributed by atoms with van der Waals surface area (Å²) in [6, 6.07) is 0. The van der Waals surface area contributed by atoms with E-state index in [4.69, 9.17) is 4.74 Å². The Kier molecular flexibility index (Phi) is 6.07.